The van der Waals surface area contributed by atoms with Crippen molar-refractivity contribution in [3.8, 4) is 17.3 Å². The molecule has 1 aromatic carbocycles. The van der Waals surface area contributed by atoms with Gasteiger partial charge in [-0.2, -0.15) is 5.26 Å². The van der Waals surface area contributed by atoms with E-state index in [0.29, 0.717) is 28.9 Å². The molecule has 3 aromatic rings. The molecule has 1 unspecified atom stereocenters. The summed E-state index contributed by atoms with van der Waals surface area (Å²) in [5, 5.41) is 22.2. The third kappa shape index (κ3) is 2.47. The molecule has 7 nitrogen and oxygen atoms in total. The number of fused-ring (bicyclic) bond motifs is 1. The van der Waals surface area contributed by atoms with Crippen molar-refractivity contribution >= 4 is 11.3 Å². The number of anilines is 1. The fourth-order valence-electron chi connectivity index (χ4n) is 3.57. The van der Waals surface area contributed by atoms with Crippen molar-refractivity contribution in [3.63, 3.8) is 0 Å². The molecule has 132 valence electrons. The normalized spacial score (nSPS) is 17.0. The highest BCUT2D eigenvalue weighted by atomic mass is 16.3. The van der Waals surface area contributed by atoms with Crippen molar-refractivity contribution in [1.29, 1.82) is 5.26 Å². The molecule has 26 heavy (non-hydrogen) atoms. The molecular weight excluding hydrogens is 330 g/mol. The van der Waals surface area contributed by atoms with Crippen LogP contribution in [0.5, 0.6) is 0 Å². The topological polar surface area (TPSA) is 97.4 Å². The van der Waals surface area contributed by atoms with E-state index in [4.69, 9.17) is 0 Å². The summed E-state index contributed by atoms with van der Waals surface area (Å²) in [6.07, 6.45) is 3.24. The number of hydrogen-bond acceptors (Lipinski definition) is 5. The van der Waals surface area contributed by atoms with E-state index in [9.17, 15) is 15.2 Å². The summed E-state index contributed by atoms with van der Waals surface area (Å²) < 4.78 is 1.31. The van der Waals surface area contributed by atoms with Gasteiger partial charge in [0.25, 0.3) is 5.56 Å². The SMILES string of the molecule is CCc1c(-c2cccc(N3CCCC3O)c2)nc2c(C#N)c[nH]n2c1=O. The smallest absolute Gasteiger partial charge is 0.276 e. The largest absolute Gasteiger partial charge is 0.374 e. The third-order valence-corrected chi connectivity index (χ3v) is 4.90. The van der Waals surface area contributed by atoms with E-state index in [1.54, 1.807) is 0 Å². The van der Waals surface area contributed by atoms with E-state index in [1.807, 2.05) is 36.1 Å². The molecule has 1 atom stereocenters. The Morgan fingerprint density at radius 1 is 1.46 bits per heavy atom. The van der Waals surface area contributed by atoms with Crippen molar-refractivity contribution in [1.82, 2.24) is 14.6 Å². The summed E-state index contributed by atoms with van der Waals surface area (Å²) in [5.74, 6) is 0. The number of aliphatic hydroxyl groups excluding tert-OH is 1. The van der Waals surface area contributed by atoms with Crippen molar-refractivity contribution in [2.45, 2.75) is 32.4 Å². The van der Waals surface area contributed by atoms with Crippen LogP contribution in [-0.4, -0.2) is 32.5 Å². The molecular formula is C19H19N5O2. The number of hydrogen-bond donors (Lipinski definition) is 2. The highest BCUT2D eigenvalue weighted by Crippen LogP contribution is 2.29. The van der Waals surface area contributed by atoms with Gasteiger partial charge in [-0.05, 0) is 31.4 Å². The zero-order chi connectivity index (χ0) is 18.3. The maximum atomic E-state index is 12.8. The molecule has 1 aliphatic heterocycles. The second-order valence-electron chi connectivity index (χ2n) is 6.42. The van der Waals surface area contributed by atoms with Gasteiger partial charge in [0, 0.05) is 29.6 Å². The maximum absolute atomic E-state index is 12.8. The van der Waals surface area contributed by atoms with E-state index >= 15 is 0 Å². The van der Waals surface area contributed by atoms with Crippen LogP contribution in [0.1, 0.15) is 30.9 Å². The summed E-state index contributed by atoms with van der Waals surface area (Å²) in [6, 6.07) is 9.77. The number of aromatic amines is 1. The third-order valence-electron chi connectivity index (χ3n) is 4.90. The molecule has 1 fully saturated rings. The van der Waals surface area contributed by atoms with Gasteiger partial charge >= 0.3 is 0 Å². The zero-order valence-corrected chi connectivity index (χ0v) is 14.4. The Morgan fingerprint density at radius 3 is 3.00 bits per heavy atom. The first-order valence-electron chi connectivity index (χ1n) is 8.72. The van der Waals surface area contributed by atoms with Gasteiger partial charge in [0.1, 0.15) is 17.9 Å². The number of nitriles is 1. The van der Waals surface area contributed by atoms with Crippen molar-refractivity contribution < 1.29 is 5.11 Å². The monoisotopic (exact) mass is 349 g/mol. The standard InChI is InChI=1S/C19H19N5O2/c1-2-15-17(22-18-13(10-20)11-21-24(18)19(15)26)12-5-3-6-14(9-12)23-8-4-7-16(23)25/h3,5-6,9,11,16,21,25H,2,4,7-8H2,1H3. The average molecular weight is 349 g/mol. The van der Waals surface area contributed by atoms with Crippen LogP contribution in [0.25, 0.3) is 16.9 Å². The molecule has 4 rings (SSSR count). The molecule has 0 saturated carbocycles. The summed E-state index contributed by atoms with van der Waals surface area (Å²) in [7, 11) is 0. The lowest BCUT2D eigenvalue weighted by molar-refractivity contribution is 0.186. The van der Waals surface area contributed by atoms with Crippen LogP contribution in [0.15, 0.2) is 35.3 Å². The molecule has 2 aromatic heterocycles. The number of H-pyrrole nitrogens is 1. The predicted octanol–water partition coefficient (Wildman–Crippen LogP) is 2.04. The molecule has 0 aliphatic carbocycles. The second-order valence-corrected chi connectivity index (χ2v) is 6.42. The van der Waals surface area contributed by atoms with Crippen LogP contribution < -0.4 is 10.5 Å². The van der Waals surface area contributed by atoms with Crippen molar-refractivity contribution in [3.05, 3.63) is 51.9 Å². The fraction of sp³-hybridized carbons (Fsp3) is 0.316. The van der Waals surface area contributed by atoms with Crippen molar-refractivity contribution in [2.75, 3.05) is 11.4 Å². The molecule has 0 bridgehead atoms. The van der Waals surface area contributed by atoms with Crippen LogP contribution >= 0.6 is 0 Å². The van der Waals surface area contributed by atoms with Crippen LogP contribution in [0.2, 0.25) is 0 Å². The summed E-state index contributed by atoms with van der Waals surface area (Å²) >= 11 is 0. The highest BCUT2D eigenvalue weighted by molar-refractivity contribution is 5.71. The molecule has 1 saturated heterocycles. The minimum atomic E-state index is -0.480. The van der Waals surface area contributed by atoms with E-state index in [1.165, 1.54) is 10.7 Å². The summed E-state index contributed by atoms with van der Waals surface area (Å²) in [6.45, 7) is 2.72. The Morgan fingerprint density at radius 2 is 2.31 bits per heavy atom. The number of nitrogens with zero attached hydrogens (tertiary/aromatic N) is 4. The Hall–Kier alpha value is -3.11. The fourth-order valence-corrected chi connectivity index (χ4v) is 3.57. The predicted molar refractivity (Wildman–Crippen MR) is 97.9 cm³/mol. The van der Waals surface area contributed by atoms with Crippen LogP contribution in [0.4, 0.5) is 5.69 Å². The van der Waals surface area contributed by atoms with Gasteiger partial charge in [-0.1, -0.05) is 19.1 Å². The lowest BCUT2D eigenvalue weighted by atomic mass is 10.0. The highest BCUT2D eigenvalue weighted by Gasteiger charge is 2.23. The number of aromatic nitrogens is 3. The first kappa shape index (κ1) is 16.4. The molecule has 0 radical (unpaired) electrons. The van der Waals surface area contributed by atoms with E-state index in [-0.39, 0.29) is 5.56 Å². The van der Waals surface area contributed by atoms with Gasteiger partial charge in [0.2, 0.25) is 0 Å². The van der Waals surface area contributed by atoms with Crippen molar-refractivity contribution in [2.24, 2.45) is 0 Å². The second kappa shape index (κ2) is 6.32. The first-order valence-corrected chi connectivity index (χ1v) is 8.72. The molecule has 2 N–H and O–H groups in total. The minimum absolute atomic E-state index is 0.194. The number of benzene rings is 1. The van der Waals surface area contributed by atoms with Gasteiger partial charge in [-0.15, -0.1) is 0 Å². The number of aliphatic hydroxyl groups is 1. The molecule has 1 aliphatic rings. The maximum Gasteiger partial charge on any atom is 0.276 e. The molecule has 3 heterocycles. The lowest BCUT2D eigenvalue weighted by Gasteiger charge is -2.23. The Bertz CT molecular complexity index is 1080. The summed E-state index contributed by atoms with van der Waals surface area (Å²) in [4.78, 5) is 19.4. The lowest BCUT2D eigenvalue weighted by Crippen LogP contribution is -2.28. The molecule has 0 amide bonds. The van der Waals surface area contributed by atoms with Gasteiger partial charge in [-0.25, -0.2) is 9.50 Å². The first-order chi connectivity index (χ1) is 12.6. The van der Waals surface area contributed by atoms with Crippen LogP contribution in [-0.2, 0) is 6.42 Å². The number of nitrogens with one attached hydrogen (secondary N) is 1. The van der Waals surface area contributed by atoms with Gasteiger partial charge in [-0.3, -0.25) is 9.89 Å². The van der Waals surface area contributed by atoms with Gasteiger partial charge in [0.05, 0.1) is 5.69 Å². The van der Waals surface area contributed by atoms with Crippen LogP contribution in [0, 0.1) is 11.3 Å². The Balaban J connectivity index is 1.91. The summed E-state index contributed by atoms with van der Waals surface area (Å²) in [5.41, 5.74) is 3.36. The zero-order valence-electron chi connectivity index (χ0n) is 14.4. The minimum Gasteiger partial charge on any atom is -0.374 e. The van der Waals surface area contributed by atoms with E-state index in [2.05, 4.69) is 16.2 Å². The van der Waals surface area contributed by atoms with E-state index in [0.717, 1.165) is 30.6 Å². The average Bonchev–Trinajstić information content (AvgIpc) is 3.27. The Kier molecular flexibility index (Phi) is 3.98. The quantitative estimate of drug-likeness (QED) is 0.754. The number of rotatable bonds is 3. The van der Waals surface area contributed by atoms with E-state index < -0.39 is 6.23 Å². The van der Waals surface area contributed by atoms with Gasteiger partial charge < -0.3 is 10.0 Å². The Labute approximate surface area is 150 Å². The van der Waals surface area contributed by atoms with Gasteiger partial charge in [0.15, 0.2) is 5.65 Å². The molecule has 0 spiro atoms. The van der Waals surface area contributed by atoms with Crippen LogP contribution in [0.3, 0.4) is 0 Å². The molecule has 7 heteroatoms.